The Hall–Kier alpha value is -3.87. The number of ketones is 1. The van der Waals surface area contributed by atoms with Crippen molar-refractivity contribution in [1.29, 1.82) is 0 Å². The number of hydrogen-bond donors (Lipinski definition) is 1. The van der Waals surface area contributed by atoms with E-state index in [-0.39, 0.29) is 23.8 Å². The summed E-state index contributed by atoms with van der Waals surface area (Å²) in [7, 11) is 1.59. The molecule has 1 N–H and O–H groups in total. The molecular formula is C26H26N2O5. The molecule has 170 valence electrons. The standard InChI is InChI=1S/C26H26N2O5/c1-15(2)19-13-18(6-8-20(19)32-4)24(29)22-23(21-7-5-16(3)33-21)28(26(31)25(22)30)14-17-9-11-27-12-10-17/h5-13,15,23,29H,14H2,1-4H3/b24-22-. The normalized spacial score (nSPS) is 17.7. The van der Waals surface area contributed by atoms with E-state index >= 15 is 0 Å². The van der Waals surface area contributed by atoms with Crippen molar-refractivity contribution in [3.05, 3.63) is 88.6 Å². The molecule has 1 amide bonds. The molecule has 0 aliphatic carbocycles. The highest BCUT2D eigenvalue weighted by Gasteiger charge is 2.47. The average Bonchev–Trinajstić information content (AvgIpc) is 3.35. The van der Waals surface area contributed by atoms with E-state index in [1.807, 2.05) is 13.8 Å². The number of nitrogens with zero attached hydrogens (tertiary/aromatic N) is 2. The molecular weight excluding hydrogens is 420 g/mol. The van der Waals surface area contributed by atoms with Crippen LogP contribution in [0.3, 0.4) is 0 Å². The van der Waals surface area contributed by atoms with Crippen LogP contribution in [0, 0.1) is 6.92 Å². The number of rotatable bonds is 6. The molecule has 7 nitrogen and oxygen atoms in total. The van der Waals surface area contributed by atoms with E-state index in [0.29, 0.717) is 22.8 Å². The van der Waals surface area contributed by atoms with Gasteiger partial charge in [0.2, 0.25) is 0 Å². The molecule has 1 aliphatic heterocycles. The Kier molecular flexibility index (Phi) is 6.05. The van der Waals surface area contributed by atoms with Crippen LogP contribution in [0.15, 0.2) is 64.8 Å². The second kappa shape index (κ2) is 8.94. The van der Waals surface area contributed by atoms with Gasteiger partial charge in [0.05, 0.1) is 12.7 Å². The summed E-state index contributed by atoms with van der Waals surface area (Å²) in [4.78, 5) is 31.7. The topological polar surface area (TPSA) is 92.9 Å². The summed E-state index contributed by atoms with van der Waals surface area (Å²) >= 11 is 0. The van der Waals surface area contributed by atoms with Crippen molar-refractivity contribution in [2.75, 3.05) is 7.11 Å². The smallest absolute Gasteiger partial charge is 0.296 e. The van der Waals surface area contributed by atoms with Gasteiger partial charge in [-0.05, 0) is 66.4 Å². The number of aromatic nitrogens is 1. The number of furan rings is 1. The molecule has 1 aliphatic rings. The zero-order valence-corrected chi connectivity index (χ0v) is 19.0. The van der Waals surface area contributed by atoms with Crippen LogP contribution in [-0.2, 0) is 16.1 Å². The van der Waals surface area contributed by atoms with Crippen LogP contribution >= 0.6 is 0 Å². The Balaban J connectivity index is 1.86. The largest absolute Gasteiger partial charge is 0.507 e. The first-order chi connectivity index (χ1) is 15.8. The van der Waals surface area contributed by atoms with E-state index in [1.165, 1.54) is 4.90 Å². The van der Waals surface area contributed by atoms with Crippen LogP contribution < -0.4 is 4.74 Å². The molecule has 1 fully saturated rings. The molecule has 7 heteroatoms. The van der Waals surface area contributed by atoms with E-state index in [9.17, 15) is 14.7 Å². The van der Waals surface area contributed by atoms with Gasteiger partial charge in [-0.25, -0.2) is 0 Å². The third-order valence-corrected chi connectivity index (χ3v) is 5.80. The van der Waals surface area contributed by atoms with Crippen molar-refractivity contribution in [3.63, 3.8) is 0 Å². The van der Waals surface area contributed by atoms with Crippen molar-refractivity contribution in [2.45, 2.75) is 39.3 Å². The number of pyridine rings is 1. The van der Waals surface area contributed by atoms with Gasteiger partial charge in [0.25, 0.3) is 11.7 Å². The molecule has 1 unspecified atom stereocenters. The van der Waals surface area contributed by atoms with Crippen LogP contribution in [0.1, 0.15) is 54.0 Å². The third kappa shape index (κ3) is 4.14. The molecule has 3 aromatic rings. The van der Waals surface area contributed by atoms with Crippen molar-refractivity contribution in [3.8, 4) is 5.75 Å². The maximum Gasteiger partial charge on any atom is 0.296 e. The highest BCUT2D eigenvalue weighted by atomic mass is 16.5. The first kappa shape index (κ1) is 22.3. The van der Waals surface area contributed by atoms with Crippen LogP contribution in [-0.4, -0.2) is 33.8 Å². The first-order valence-corrected chi connectivity index (χ1v) is 10.7. The summed E-state index contributed by atoms with van der Waals surface area (Å²) < 4.78 is 11.3. The number of ether oxygens (including phenoxy) is 1. The quantitative estimate of drug-likeness (QED) is 0.334. The Labute approximate surface area is 192 Å². The first-order valence-electron chi connectivity index (χ1n) is 10.7. The molecule has 2 aromatic heterocycles. The number of methoxy groups -OCH3 is 1. The summed E-state index contributed by atoms with van der Waals surface area (Å²) in [6.07, 6.45) is 3.26. The Bertz CT molecular complexity index is 1230. The number of benzene rings is 1. The van der Waals surface area contributed by atoms with E-state index in [1.54, 1.807) is 68.9 Å². The molecule has 0 spiro atoms. The van der Waals surface area contributed by atoms with Gasteiger partial charge in [-0.2, -0.15) is 0 Å². The van der Waals surface area contributed by atoms with Crippen molar-refractivity contribution < 1.29 is 23.8 Å². The van der Waals surface area contributed by atoms with Gasteiger partial charge < -0.3 is 19.2 Å². The van der Waals surface area contributed by atoms with Gasteiger partial charge in [0, 0.05) is 24.5 Å². The summed E-state index contributed by atoms with van der Waals surface area (Å²) in [5.41, 5.74) is 2.14. The van der Waals surface area contributed by atoms with E-state index in [2.05, 4.69) is 4.98 Å². The molecule has 1 saturated heterocycles. The fourth-order valence-electron chi connectivity index (χ4n) is 4.11. The fourth-order valence-corrected chi connectivity index (χ4v) is 4.11. The van der Waals surface area contributed by atoms with Gasteiger partial charge in [0.15, 0.2) is 0 Å². The van der Waals surface area contributed by atoms with Crippen LogP contribution in [0.4, 0.5) is 0 Å². The lowest BCUT2D eigenvalue weighted by Crippen LogP contribution is -2.29. The lowest BCUT2D eigenvalue weighted by molar-refractivity contribution is -0.140. The highest BCUT2D eigenvalue weighted by molar-refractivity contribution is 6.46. The number of Topliss-reactive ketones (excluding diaryl/α,β-unsaturated/α-hetero) is 1. The number of likely N-dealkylation sites (tertiary alicyclic amines) is 1. The van der Waals surface area contributed by atoms with E-state index < -0.39 is 17.7 Å². The summed E-state index contributed by atoms with van der Waals surface area (Å²) in [6.45, 7) is 5.99. The maximum atomic E-state index is 13.2. The van der Waals surface area contributed by atoms with E-state index in [0.717, 1.165) is 11.1 Å². The lowest BCUT2D eigenvalue weighted by Gasteiger charge is -2.23. The molecule has 0 radical (unpaired) electrons. The van der Waals surface area contributed by atoms with Crippen molar-refractivity contribution in [2.24, 2.45) is 0 Å². The molecule has 1 aromatic carbocycles. The minimum atomic E-state index is -0.850. The maximum absolute atomic E-state index is 13.2. The minimum absolute atomic E-state index is 0.00304. The molecule has 0 saturated carbocycles. The SMILES string of the molecule is COc1ccc(/C(O)=C2/C(=O)C(=O)N(Cc3ccncc3)C2c2ccc(C)o2)cc1C(C)C. The summed E-state index contributed by atoms with van der Waals surface area (Å²) in [5.74, 6) is 0.205. The van der Waals surface area contributed by atoms with Crippen LogP contribution in [0.5, 0.6) is 5.75 Å². The predicted molar refractivity (Wildman–Crippen MR) is 123 cm³/mol. The Morgan fingerprint density at radius 2 is 1.88 bits per heavy atom. The number of aliphatic hydroxyl groups excluding tert-OH is 1. The van der Waals surface area contributed by atoms with Crippen molar-refractivity contribution >= 4 is 17.4 Å². The van der Waals surface area contributed by atoms with Gasteiger partial charge in [-0.1, -0.05) is 13.8 Å². The fraction of sp³-hybridized carbons (Fsp3) is 0.269. The molecule has 0 bridgehead atoms. The number of aliphatic hydroxyl groups is 1. The summed E-state index contributed by atoms with van der Waals surface area (Å²) in [5, 5.41) is 11.3. The molecule has 3 heterocycles. The molecule has 4 rings (SSSR count). The van der Waals surface area contributed by atoms with Gasteiger partial charge in [-0.3, -0.25) is 14.6 Å². The number of carbonyl (C=O) groups excluding carboxylic acids is 2. The zero-order valence-electron chi connectivity index (χ0n) is 19.0. The lowest BCUT2D eigenvalue weighted by atomic mass is 9.95. The highest BCUT2D eigenvalue weighted by Crippen LogP contribution is 2.41. The number of amides is 1. The van der Waals surface area contributed by atoms with Gasteiger partial charge in [-0.15, -0.1) is 0 Å². The van der Waals surface area contributed by atoms with Crippen LogP contribution in [0.2, 0.25) is 0 Å². The number of aryl methyl sites for hydroxylation is 1. The molecule has 1 atom stereocenters. The van der Waals surface area contributed by atoms with Crippen molar-refractivity contribution in [1.82, 2.24) is 9.88 Å². The van der Waals surface area contributed by atoms with E-state index in [4.69, 9.17) is 9.15 Å². The summed E-state index contributed by atoms with van der Waals surface area (Å²) in [6, 6.07) is 11.4. The monoisotopic (exact) mass is 446 g/mol. The second-order valence-electron chi connectivity index (χ2n) is 8.34. The molecule has 33 heavy (non-hydrogen) atoms. The Morgan fingerprint density at radius 3 is 2.48 bits per heavy atom. The Morgan fingerprint density at radius 1 is 1.15 bits per heavy atom. The predicted octanol–water partition coefficient (Wildman–Crippen LogP) is 4.74. The average molecular weight is 447 g/mol. The number of carbonyl (C=O) groups is 2. The number of hydrogen-bond acceptors (Lipinski definition) is 6. The van der Waals surface area contributed by atoms with Crippen LogP contribution in [0.25, 0.3) is 5.76 Å². The van der Waals surface area contributed by atoms with Gasteiger partial charge in [0.1, 0.15) is 29.1 Å². The van der Waals surface area contributed by atoms with Gasteiger partial charge >= 0.3 is 0 Å². The zero-order chi connectivity index (χ0) is 23.7. The minimum Gasteiger partial charge on any atom is -0.507 e. The second-order valence-corrected chi connectivity index (χ2v) is 8.34. The third-order valence-electron chi connectivity index (χ3n) is 5.80.